The number of hydrogen-bond donors (Lipinski definition) is 6. The number of carbonyl (C=O) groups is 2. The topological polar surface area (TPSA) is 286 Å². The first-order valence-electron chi connectivity index (χ1n) is 28.0. The van der Waals surface area contributed by atoms with E-state index in [9.17, 15) is 48.6 Å². The summed E-state index contributed by atoms with van der Waals surface area (Å²) in [6, 6.07) is 1.24. The van der Waals surface area contributed by atoms with Gasteiger partial charge < -0.3 is 45.1 Å². The number of unbranched alkanes of at least 4 members (excludes halogenated alkanes) is 21. The maximum absolute atomic E-state index is 12.9. The van der Waals surface area contributed by atoms with Crippen molar-refractivity contribution in [2.24, 2.45) is 5.92 Å². The number of phosphoric ester groups is 2. The van der Waals surface area contributed by atoms with Crippen molar-refractivity contribution in [3.8, 4) is 0 Å². The van der Waals surface area contributed by atoms with E-state index in [2.05, 4.69) is 42.2 Å². The van der Waals surface area contributed by atoms with Crippen molar-refractivity contribution in [3.05, 3.63) is 59.2 Å². The van der Waals surface area contributed by atoms with Crippen LogP contribution in [0.2, 0.25) is 0 Å². The number of allylic oxidation sites excluding steroid dienone is 5. The molecule has 75 heavy (non-hydrogen) atoms. The molecule has 1 saturated heterocycles. The van der Waals surface area contributed by atoms with Crippen LogP contribution in [0.1, 0.15) is 213 Å². The van der Waals surface area contributed by atoms with E-state index in [-0.39, 0.29) is 31.5 Å². The fourth-order valence-corrected chi connectivity index (χ4v) is 10.5. The molecule has 2 rings (SSSR count). The minimum atomic E-state index is -5.46. The van der Waals surface area contributed by atoms with Gasteiger partial charge in [-0.05, 0) is 50.5 Å². The quantitative estimate of drug-likeness (QED) is 0.0116. The number of esters is 2. The zero-order valence-electron chi connectivity index (χ0n) is 45.4. The molecular formula is C54H95N3O16P2. The van der Waals surface area contributed by atoms with Crippen LogP contribution in [0, 0.1) is 5.92 Å². The maximum atomic E-state index is 12.9. The zero-order valence-corrected chi connectivity index (χ0v) is 47.2. The molecule has 8 atom stereocenters. The lowest BCUT2D eigenvalue weighted by atomic mass is 10.0. The molecule has 1 aliphatic heterocycles. The third-order valence-corrected chi connectivity index (χ3v) is 15.4. The van der Waals surface area contributed by atoms with Crippen LogP contribution < -0.4 is 11.4 Å². The Kier molecular flexibility index (Phi) is 37.2. The normalized spacial score (nSPS) is 19.5. The van der Waals surface area contributed by atoms with E-state index in [4.69, 9.17) is 29.0 Å². The highest BCUT2D eigenvalue weighted by Crippen LogP contribution is 2.60. The van der Waals surface area contributed by atoms with Gasteiger partial charge in [0.1, 0.15) is 30.7 Å². The second kappa shape index (κ2) is 41.1. The smallest absolute Gasteiger partial charge is 0.462 e. The predicted molar refractivity (Wildman–Crippen MR) is 290 cm³/mol. The lowest BCUT2D eigenvalue weighted by molar-refractivity contribution is -0.161. The van der Waals surface area contributed by atoms with Crippen LogP contribution in [-0.4, -0.2) is 96.9 Å². The third-order valence-electron chi connectivity index (χ3n) is 12.8. The van der Waals surface area contributed by atoms with Crippen LogP contribution in [0.3, 0.4) is 0 Å². The highest BCUT2D eigenvalue weighted by molar-refractivity contribution is 7.61. The first kappa shape index (κ1) is 68.0. The van der Waals surface area contributed by atoms with E-state index >= 15 is 0 Å². The molecule has 1 aliphatic rings. The summed E-state index contributed by atoms with van der Waals surface area (Å²) in [6.07, 6.45) is 33.9. The number of nitrogen functional groups attached to an aromatic ring is 1. The van der Waals surface area contributed by atoms with Gasteiger partial charge in [0, 0.05) is 19.0 Å². The first-order valence-corrected chi connectivity index (χ1v) is 31.0. The number of carbonyl (C=O) groups excluding carboxylic acids is 2. The van der Waals surface area contributed by atoms with E-state index in [1.54, 1.807) is 12.2 Å². The second-order valence-corrected chi connectivity index (χ2v) is 23.2. The van der Waals surface area contributed by atoms with Crippen LogP contribution in [0.25, 0.3) is 0 Å². The Morgan fingerprint density at radius 1 is 0.733 bits per heavy atom. The molecule has 1 fully saturated rings. The Morgan fingerprint density at radius 3 is 1.92 bits per heavy atom. The van der Waals surface area contributed by atoms with Gasteiger partial charge in [-0.2, -0.15) is 9.29 Å². The third kappa shape index (κ3) is 34.4. The molecule has 0 aliphatic carbocycles. The Morgan fingerprint density at radius 2 is 1.31 bits per heavy atom. The summed E-state index contributed by atoms with van der Waals surface area (Å²) in [6.45, 7) is 4.33. The van der Waals surface area contributed by atoms with Gasteiger partial charge >= 0.3 is 33.3 Å². The molecule has 0 bridgehead atoms. The van der Waals surface area contributed by atoms with Gasteiger partial charge in [0.15, 0.2) is 12.3 Å². The molecule has 2 heterocycles. The zero-order chi connectivity index (χ0) is 55.2. The number of phosphoric acid groups is 2. The molecular weight excluding hydrogens is 1010 g/mol. The highest BCUT2D eigenvalue weighted by Gasteiger charge is 2.46. The second-order valence-electron chi connectivity index (χ2n) is 20.1. The SMILES string of the molecule is CCCCCCCC/C=C/C/C=C/C=C/C(O)CCCC(=O)OC[C@H](COP(=O)(O)OP(=O)(O)OC[C@H]1O[C@@H](n2ccc(N)nc2=O)[C@H](O)[C@@H]1O)OC(=O)CCCCCCCCCCCCCCCCCCC(C)C. The van der Waals surface area contributed by atoms with Gasteiger partial charge in [-0.3, -0.25) is 23.2 Å². The summed E-state index contributed by atoms with van der Waals surface area (Å²) >= 11 is 0. The highest BCUT2D eigenvalue weighted by atomic mass is 31.3. The lowest BCUT2D eigenvalue weighted by Gasteiger charge is -2.21. The van der Waals surface area contributed by atoms with Crippen molar-refractivity contribution in [1.82, 2.24) is 9.55 Å². The van der Waals surface area contributed by atoms with Gasteiger partial charge in [0.2, 0.25) is 0 Å². The Bertz CT molecular complexity index is 1930. The molecule has 1 aromatic heterocycles. The molecule has 0 radical (unpaired) electrons. The van der Waals surface area contributed by atoms with E-state index in [1.807, 2.05) is 12.2 Å². The van der Waals surface area contributed by atoms with Gasteiger partial charge in [-0.25, -0.2) is 13.9 Å². The Hall–Kier alpha value is -3.06. The number of hydrogen-bond acceptors (Lipinski definition) is 16. The predicted octanol–water partition coefficient (Wildman–Crippen LogP) is 11.2. The molecule has 19 nitrogen and oxygen atoms in total. The van der Waals surface area contributed by atoms with Crippen LogP contribution in [0.15, 0.2) is 53.5 Å². The summed E-state index contributed by atoms with van der Waals surface area (Å²) in [4.78, 5) is 62.1. The number of ether oxygens (including phenoxy) is 3. The summed E-state index contributed by atoms with van der Waals surface area (Å²) in [5, 5.41) is 31.3. The number of anilines is 1. The van der Waals surface area contributed by atoms with Gasteiger partial charge in [0.05, 0.1) is 19.3 Å². The van der Waals surface area contributed by atoms with Crippen molar-refractivity contribution in [1.29, 1.82) is 0 Å². The average Bonchev–Trinajstić information content (AvgIpc) is 3.63. The number of aromatic nitrogens is 2. The van der Waals surface area contributed by atoms with E-state index < -0.39 is 89.8 Å². The molecule has 7 N–H and O–H groups in total. The molecule has 0 saturated carbocycles. The number of rotatable bonds is 46. The van der Waals surface area contributed by atoms with Crippen molar-refractivity contribution < 1.29 is 71.4 Å². The number of aliphatic hydroxyl groups excluding tert-OH is 3. The summed E-state index contributed by atoms with van der Waals surface area (Å²) in [7, 11) is -10.9. The average molecular weight is 1100 g/mol. The van der Waals surface area contributed by atoms with Crippen molar-refractivity contribution in [3.63, 3.8) is 0 Å². The standard InChI is InChI=1S/C54H95N3O16P2/c1-4-5-6-7-8-9-10-15-19-22-25-28-31-35-45(58)36-33-38-49(59)68-41-46(71-50(60)37-32-29-26-23-20-17-14-12-11-13-16-18-21-24-27-30-34-44(2)3)42-69-74(64,65)73-75(66,67)70-43-47-51(61)52(62)53(72-47)57-40-39-48(55)56-54(57)63/h15,19,25,28,31,35,39-40,44-47,51-53,58,61-62H,4-14,16-18,20-24,26-27,29-30,32-34,36-38,41-43H2,1-3H3,(H,64,65)(H,66,67)(H2,55,56,63)/b19-15+,28-25+,35-31+/t45?,46-,47-,51-,52-,53-/m1/s1. The Labute approximate surface area is 447 Å². The molecule has 432 valence electrons. The molecule has 1 aromatic rings. The first-order chi connectivity index (χ1) is 35.9. The maximum Gasteiger partial charge on any atom is 0.481 e. The molecule has 0 aromatic carbocycles. The minimum absolute atomic E-state index is 0.0139. The fourth-order valence-electron chi connectivity index (χ4n) is 8.39. The van der Waals surface area contributed by atoms with Crippen LogP contribution in [0.4, 0.5) is 5.82 Å². The van der Waals surface area contributed by atoms with E-state index in [0.29, 0.717) is 6.42 Å². The molecule has 21 heteroatoms. The van der Waals surface area contributed by atoms with Crippen molar-refractivity contribution >= 4 is 33.4 Å². The Balaban J connectivity index is 1.81. The van der Waals surface area contributed by atoms with E-state index in [0.717, 1.165) is 55.2 Å². The van der Waals surface area contributed by atoms with Gasteiger partial charge in [-0.1, -0.05) is 192 Å². The van der Waals surface area contributed by atoms with E-state index in [1.165, 1.54) is 122 Å². The monoisotopic (exact) mass is 1100 g/mol. The fraction of sp³-hybridized carbons (Fsp3) is 0.778. The van der Waals surface area contributed by atoms with Crippen LogP contribution in [-0.2, 0) is 46.3 Å². The summed E-state index contributed by atoms with van der Waals surface area (Å²) in [5.74, 6) is -0.691. The van der Waals surface area contributed by atoms with Crippen molar-refractivity contribution in [2.45, 2.75) is 244 Å². The van der Waals surface area contributed by atoms with Gasteiger partial charge in [0.25, 0.3) is 0 Å². The largest absolute Gasteiger partial charge is 0.481 e. The number of aliphatic hydroxyl groups is 3. The molecule has 0 spiro atoms. The number of nitrogens with zero attached hydrogens (tertiary/aromatic N) is 2. The van der Waals surface area contributed by atoms with Crippen LogP contribution in [0.5, 0.6) is 0 Å². The van der Waals surface area contributed by atoms with Crippen molar-refractivity contribution in [2.75, 3.05) is 25.6 Å². The minimum Gasteiger partial charge on any atom is -0.462 e. The van der Waals surface area contributed by atoms with Crippen LogP contribution >= 0.6 is 15.6 Å². The molecule has 0 amide bonds. The number of nitrogens with two attached hydrogens (primary N) is 1. The lowest BCUT2D eigenvalue weighted by Crippen LogP contribution is -2.36. The summed E-state index contributed by atoms with van der Waals surface area (Å²) in [5.41, 5.74) is 4.58. The molecule has 3 unspecified atom stereocenters. The van der Waals surface area contributed by atoms with Gasteiger partial charge in [-0.15, -0.1) is 0 Å². The summed E-state index contributed by atoms with van der Waals surface area (Å²) < 4.78 is 56.8.